The lowest BCUT2D eigenvalue weighted by molar-refractivity contribution is -0.119. The summed E-state index contributed by atoms with van der Waals surface area (Å²) in [7, 11) is 4.52. The molecule has 3 atom stereocenters. The molecule has 0 unspecified atom stereocenters. The number of allylic oxidation sites excluding steroid dienone is 2. The minimum atomic E-state index is -0.690. The third kappa shape index (κ3) is 2.68. The van der Waals surface area contributed by atoms with E-state index >= 15 is 0 Å². The van der Waals surface area contributed by atoms with Crippen molar-refractivity contribution in [2.75, 3.05) is 28.1 Å². The molecule has 1 aromatic carbocycles. The van der Waals surface area contributed by atoms with Gasteiger partial charge in [0.05, 0.1) is 26.7 Å². The number of hydrogen-bond acceptors (Lipinski definition) is 7. The van der Waals surface area contributed by atoms with Gasteiger partial charge in [0, 0.05) is 5.92 Å². The summed E-state index contributed by atoms with van der Waals surface area (Å²) in [4.78, 5) is 12.7. The third-order valence-corrected chi connectivity index (χ3v) is 5.72. The fraction of sp³-hybridized carbons (Fsp3) is 0.409. The van der Waals surface area contributed by atoms with Crippen molar-refractivity contribution in [2.24, 2.45) is 5.41 Å². The van der Waals surface area contributed by atoms with Crippen molar-refractivity contribution in [3.63, 3.8) is 0 Å². The quantitative estimate of drug-likeness (QED) is 0.677. The number of rotatable bonds is 6. The summed E-state index contributed by atoms with van der Waals surface area (Å²) in [6.45, 7) is 6.04. The smallest absolute Gasteiger partial charge is 0.265 e. The number of carbonyl (C=O) groups is 1. The zero-order valence-electron chi connectivity index (χ0n) is 16.9. The molecule has 0 N–H and O–H groups in total. The standard InChI is InChI=1S/C22H24O7/c1-6-7-22-10-16(25-4)18(23)20(26-5)21(22)29-12(2)17(22)13-8-14(24-3)19-15(9-13)27-11-28-19/h6,8-10,12,17H,1,7,11H2,2-5H3/t12-,17+,22+/m1/s1. The van der Waals surface area contributed by atoms with Gasteiger partial charge in [-0.3, -0.25) is 4.79 Å². The zero-order valence-corrected chi connectivity index (χ0v) is 16.9. The van der Waals surface area contributed by atoms with Gasteiger partial charge >= 0.3 is 0 Å². The number of benzene rings is 1. The van der Waals surface area contributed by atoms with Gasteiger partial charge in [0.1, 0.15) is 6.10 Å². The molecule has 7 heteroatoms. The van der Waals surface area contributed by atoms with Gasteiger partial charge < -0.3 is 28.4 Å². The Morgan fingerprint density at radius 1 is 1.21 bits per heavy atom. The van der Waals surface area contributed by atoms with Crippen LogP contribution in [0.15, 0.2) is 48.1 Å². The predicted octanol–water partition coefficient (Wildman–Crippen LogP) is 3.46. The maximum atomic E-state index is 12.7. The fourth-order valence-electron chi connectivity index (χ4n) is 4.61. The van der Waals surface area contributed by atoms with Crippen LogP contribution in [-0.4, -0.2) is 40.0 Å². The molecule has 29 heavy (non-hydrogen) atoms. The molecule has 1 saturated heterocycles. The van der Waals surface area contributed by atoms with Crippen LogP contribution in [0.3, 0.4) is 0 Å². The molecule has 4 rings (SSSR count). The number of carbonyl (C=O) groups excluding carboxylic acids is 1. The van der Waals surface area contributed by atoms with E-state index in [1.807, 2.05) is 31.2 Å². The Balaban J connectivity index is 1.94. The summed E-state index contributed by atoms with van der Waals surface area (Å²) in [6.07, 6.45) is 3.92. The molecule has 1 fully saturated rings. The molecular formula is C22H24O7. The molecule has 0 saturated carbocycles. The lowest BCUT2D eigenvalue weighted by Gasteiger charge is -2.34. The molecular weight excluding hydrogens is 376 g/mol. The normalized spacial score (nSPS) is 27.2. The lowest BCUT2D eigenvalue weighted by Crippen LogP contribution is -2.33. The highest BCUT2D eigenvalue weighted by atomic mass is 16.7. The molecule has 0 amide bonds. The Kier molecular flexibility index (Phi) is 4.68. The van der Waals surface area contributed by atoms with Crippen molar-refractivity contribution in [3.05, 3.63) is 53.7 Å². The summed E-state index contributed by atoms with van der Waals surface area (Å²) < 4.78 is 33.7. The van der Waals surface area contributed by atoms with Gasteiger partial charge in [-0.25, -0.2) is 0 Å². The van der Waals surface area contributed by atoms with E-state index in [2.05, 4.69) is 6.58 Å². The largest absolute Gasteiger partial charge is 0.493 e. The maximum absolute atomic E-state index is 12.7. The number of hydrogen-bond donors (Lipinski definition) is 0. The first kappa shape index (κ1) is 19.2. The van der Waals surface area contributed by atoms with E-state index in [4.69, 9.17) is 28.4 Å². The Labute approximate surface area is 169 Å². The second-order valence-corrected chi connectivity index (χ2v) is 7.19. The van der Waals surface area contributed by atoms with Crippen molar-refractivity contribution in [1.82, 2.24) is 0 Å². The second-order valence-electron chi connectivity index (χ2n) is 7.19. The monoisotopic (exact) mass is 400 g/mol. The van der Waals surface area contributed by atoms with Gasteiger partial charge in [0.15, 0.2) is 23.0 Å². The first-order chi connectivity index (χ1) is 14.0. The fourth-order valence-corrected chi connectivity index (χ4v) is 4.61. The highest BCUT2D eigenvalue weighted by Crippen LogP contribution is 2.60. The van der Waals surface area contributed by atoms with E-state index < -0.39 is 5.41 Å². The lowest BCUT2D eigenvalue weighted by atomic mass is 9.66. The molecule has 3 aliphatic rings. The number of methoxy groups -OCH3 is 3. The number of ketones is 1. The Bertz CT molecular complexity index is 929. The van der Waals surface area contributed by atoms with Crippen molar-refractivity contribution < 1.29 is 33.2 Å². The topological polar surface area (TPSA) is 72.5 Å². The molecule has 0 aromatic heterocycles. The molecule has 2 aliphatic heterocycles. The summed E-state index contributed by atoms with van der Waals surface area (Å²) in [5.74, 6) is 2.18. The van der Waals surface area contributed by atoms with Crippen LogP contribution in [0, 0.1) is 5.41 Å². The molecule has 0 bridgehead atoms. The third-order valence-electron chi connectivity index (χ3n) is 5.72. The molecule has 1 aliphatic carbocycles. The Hall–Kier alpha value is -3.09. The minimum absolute atomic E-state index is 0.144. The van der Waals surface area contributed by atoms with E-state index in [9.17, 15) is 4.79 Å². The number of Topliss-reactive ketones (excluding diaryl/α,β-unsaturated/α-hetero) is 1. The molecule has 2 heterocycles. The zero-order chi connectivity index (χ0) is 20.8. The van der Waals surface area contributed by atoms with Gasteiger partial charge in [0.25, 0.3) is 5.78 Å². The van der Waals surface area contributed by atoms with Crippen molar-refractivity contribution in [3.8, 4) is 17.2 Å². The van der Waals surface area contributed by atoms with Gasteiger partial charge in [-0.1, -0.05) is 6.08 Å². The average molecular weight is 400 g/mol. The van der Waals surface area contributed by atoms with Crippen molar-refractivity contribution >= 4 is 5.78 Å². The van der Waals surface area contributed by atoms with Gasteiger partial charge in [-0.05, 0) is 37.1 Å². The SMILES string of the molecule is C=CC[C@@]12C=C(OC)C(=O)C(OC)=C1O[C@H](C)[C@H]2c1cc(OC)c2c(c1)OCO2. The van der Waals surface area contributed by atoms with E-state index in [-0.39, 0.29) is 36.1 Å². The second kappa shape index (κ2) is 7.06. The predicted molar refractivity (Wildman–Crippen MR) is 104 cm³/mol. The van der Waals surface area contributed by atoms with E-state index in [1.165, 1.54) is 14.2 Å². The van der Waals surface area contributed by atoms with Gasteiger partial charge in [0.2, 0.25) is 18.3 Å². The van der Waals surface area contributed by atoms with Gasteiger partial charge in [-0.2, -0.15) is 0 Å². The highest BCUT2D eigenvalue weighted by Gasteiger charge is 2.57. The average Bonchev–Trinajstić information content (AvgIpc) is 3.29. The van der Waals surface area contributed by atoms with Crippen molar-refractivity contribution in [2.45, 2.75) is 25.4 Å². The van der Waals surface area contributed by atoms with Crippen molar-refractivity contribution in [1.29, 1.82) is 0 Å². The Morgan fingerprint density at radius 2 is 2.00 bits per heavy atom. The highest BCUT2D eigenvalue weighted by molar-refractivity contribution is 6.07. The van der Waals surface area contributed by atoms with Crippen LogP contribution in [0.2, 0.25) is 0 Å². The molecule has 0 spiro atoms. The van der Waals surface area contributed by atoms with Crippen LogP contribution in [0.25, 0.3) is 0 Å². The summed E-state index contributed by atoms with van der Waals surface area (Å²) in [6, 6.07) is 3.86. The first-order valence-corrected chi connectivity index (χ1v) is 9.36. The first-order valence-electron chi connectivity index (χ1n) is 9.36. The minimum Gasteiger partial charge on any atom is -0.493 e. The van der Waals surface area contributed by atoms with Crippen LogP contribution >= 0.6 is 0 Å². The maximum Gasteiger partial charge on any atom is 0.265 e. The van der Waals surface area contributed by atoms with Crippen LogP contribution in [0.5, 0.6) is 17.2 Å². The Morgan fingerprint density at radius 3 is 2.66 bits per heavy atom. The van der Waals surface area contributed by atoms with E-state index in [0.717, 1.165) is 5.56 Å². The summed E-state index contributed by atoms with van der Waals surface area (Å²) >= 11 is 0. The molecule has 154 valence electrons. The number of ether oxygens (including phenoxy) is 6. The van der Waals surface area contributed by atoms with E-state index in [1.54, 1.807) is 7.11 Å². The molecule has 1 aromatic rings. The van der Waals surface area contributed by atoms with Crippen LogP contribution in [0.4, 0.5) is 0 Å². The van der Waals surface area contributed by atoms with Crippen LogP contribution in [-0.2, 0) is 19.0 Å². The van der Waals surface area contributed by atoms with Crippen LogP contribution in [0.1, 0.15) is 24.8 Å². The summed E-state index contributed by atoms with van der Waals surface area (Å²) in [5.41, 5.74) is 0.247. The van der Waals surface area contributed by atoms with Gasteiger partial charge in [-0.15, -0.1) is 6.58 Å². The molecule has 7 nitrogen and oxygen atoms in total. The van der Waals surface area contributed by atoms with Crippen LogP contribution < -0.4 is 14.2 Å². The number of fused-ring (bicyclic) bond motifs is 2. The molecule has 0 radical (unpaired) electrons. The van der Waals surface area contributed by atoms with E-state index in [0.29, 0.717) is 29.4 Å². The summed E-state index contributed by atoms with van der Waals surface area (Å²) in [5, 5.41) is 0.